The van der Waals surface area contributed by atoms with Crippen LogP contribution in [0.25, 0.3) is 0 Å². The predicted molar refractivity (Wildman–Crippen MR) is 110 cm³/mol. The van der Waals surface area contributed by atoms with E-state index in [0.717, 1.165) is 4.31 Å². The molecule has 0 fully saturated rings. The van der Waals surface area contributed by atoms with Gasteiger partial charge in [0.25, 0.3) is 0 Å². The molecule has 0 aromatic heterocycles. The van der Waals surface area contributed by atoms with Gasteiger partial charge in [-0.1, -0.05) is 37.3 Å². The first kappa shape index (κ1) is 21.9. The highest BCUT2D eigenvalue weighted by Gasteiger charge is 2.19. The van der Waals surface area contributed by atoms with Crippen LogP contribution in [-0.4, -0.2) is 46.4 Å². The fourth-order valence-corrected chi connectivity index (χ4v) is 3.78. The highest BCUT2D eigenvalue weighted by Crippen LogP contribution is 2.25. The van der Waals surface area contributed by atoms with Crippen molar-refractivity contribution in [3.63, 3.8) is 0 Å². The molecular weight excluding hydrogens is 376 g/mol. The molecule has 1 atom stereocenters. The molecule has 152 valence electrons. The standard InChI is InChI=1S/C21H28N2O4S/c1-16(17-8-6-5-7-9-17)15-22-21(24)13-10-18-14-19(11-12-20(18)27-4)28(25,26)23(2)3/h5-9,11-12,14,16H,10,13,15H2,1-4H3,(H,22,24)/t16-/m1/s1. The van der Waals surface area contributed by atoms with Gasteiger partial charge in [0.05, 0.1) is 12.0 Å². The van der Waals surface area contributed by atoms with E-state index in [1.807, 2.05) is 30.3 Å². The summed E-state index contributed by atoms with van der Waals surface area (Å²) in [5, 5.41) is 2.95. The van der Waals surface area contributed by atoms with Crippen molar-refractivity contribution in [3.8, 4) is 5.75 Å². The van der Waals surface area contributed by atoms with Crippen LogP contribution in [0.1, 0.15) is 30.4 Å². The summed E-state index contributed by atoms with van der Waals surface area (Å²) in [6, 6.07) is 14.7. The maximum absolute atomic E-state index is 12.3. The number of nitrogens with zero attached hydrogens (tertiary/aromatic N) is 1. The molecule has 2 aromatic carbocycles. The van der Waals surface area contributed by atoms with Gasteiger partial charge < -0.3 is 10.1 Å². The number of ether oxygens (including phenoxy) is 1. The average molecular weight is 405 g/mol. The van der Waals surface area contributed by atoms with Gasteiger partial charge in [-0.2, -0.15) is 0 Å². The van der Waals surface area contributed by atoms with Gasteiger partial charge in [-0.05, 0) is 41.7 Å². The summed E-state index contributed by atoms with van der Waals surface area (Å²) in [4.78, 5) is 12.4. The molecule has 0 saturated carbocycles. The summed E-state index contributed by atoms with van der Waals surface area (Å²) in [5.41, 5.74) is 1.86. The quantitative estimate of drug-likeness (QED) is 0.697. The normalized spacial score (nSPS) is 12.6. The number of carbonyl (C=O) groups is 1. The third-order valence-corrected chi connectivity index (χ3v) is 6.44. The van der Waals surface area contributed by atoms with E-state index in [1.165, 1.54) is 32.8 Å². The first-order valence-corrected chi connectivity index (χ1v) is 10.6. The van der Waals surface area contributed by atoms with Crippen LogP contribution in [0.2, 0.25) is 0 Å². The van der Waals surface area contributed by atoms with Crippen molar-refractivity contribution in [3.05, 3.63) is 59.7 Å². The number of nitrogens with one attached hydrogen (secondary N) is 1. The molecule has 2 rings (SSSR count). The Morgan fingerprint density at radius 3 is 2.43 bits per heavy atom. The van der Waals surface area contributed by atoms with Crippen molar-refractivity contribution in [1.29, 1.82) is 0 Å². The zero-order chi connectivity index (χ0) is 20.7. The van der Waals surface area contributed by atoms with E-state index in [2.05, 4.69) is 12.2 Å². The van der Waals surface area contributed by atoms with E-state index in [9.17, 15) is 13.2 Å². The molecule has 0 radical (unpaired) electrons. The van der Waals surface area contributed by atoms with Crippen LogP contribution in [-0.2, 0) is 21.2 Å². The van der Waals surface area contributed by atoms with Crippen LogP contribution in [0.3, 0.4) is 0 Å². The molecule has 0 heterocycles. The van der Waals surface area contributed by atoms with Gasteiger partial charge in [-0.15, -0.1) is 0 Å². The molecule has 0 spiro atoms. The molecule has 0 aliphatic carbocycles. The Hall–Kier alpha value is -2.38. The minimum Gasteiger partial charge on any atom is -0.496 e. The summed E-state index contributed by atoms with van der Waals surface area (Å²) < 4.78 is 31.2. The molecule has 0 bridgehead atoms. The van der Waals surface area contributed by atoms with E-state index >= 15 is 0 Å². The smallest absolute Gasteiger partial charge is 0.242 e. The Labute approximate surface area is 167 Å². The Kier molecular flexibility index (Phi) is 7.60. The van der Waals surface area contributed by atoms with Gasteiger partial charge in [0.1, 0.15) is 5.75 Å². The van der Waals surface area contributed by atoms with Crippen LogP contribution in [0, 0.1) is 0 Å². The number of methoxy groups -OCH3 is 1. The second-order valence-electron chi connectivity index (χ2n) is 6.88. The Balaban J connectivity index is 2.00. The maximum Gasteiger partial charge on any atom is 0.242 e. The van der Waals surface area contributed by atoms with Gasteiger partial charge >= 0.3 is 0 Å². The minimum absolute atomic E-state index is 0.0781. The highest BCUT2D eigenvalue weighted by atomic mass is 32.2. The number of benzene rings is 2. The molecule has 0 saturated heterocycles. The lowest BCUT2D eigenvalue weighted by Gasteiger charge is -2.15. The summed E-state index contributed by atoms with van der Waals surface area (Å²) in [5.74, 6) is 0.710. The van der Waals surface area contributed by atoms with Crippen LogP contribution in [0.4, 0.5) is 0 Å². The van der Waals surface area contributed by atoms with Gasteiger partial charge in [-0.25, -0.2) is 12.7 Å². The second kappa shape index (κ2) is 9.71. The summed E-state index contributed by atoms with van der Waals surface area (Å²) >= 11 is 0. The molecule has 0 aliphatic rings. The monoisotopic (exact) mass is 404 g/mol. The van der Waals surface area contributed by atoms with Crippen LogP contribution in [0.15, 0.2) is 53.4 Å². The number of hydrogen-bond donors (Lipinski definition) is 1. The SMILES string of the molecule is COc1ccc(S(=O)(=O)N(C)C)cc1CCC(=O)NC[C@@H](C)c1ccccc1. The topological polar surface area (TPSA) is 75.7 Å². The fourth-order valence-electron chi connectivity index (χ4n) is 2.82. The molecule has 1 N–H and O–H groups in total. The summed E-state index contributed by atoms with van der Waals surface area (Å²) in [7, 11) is 0.964. The van der Waals surface area contributed by atoms with Gasteiger partial charge in [0.15, 0.2) is 0 Å². The third kappa shape index (κ3) is 5.56. The zero-order valence-electron chi connectivity index (χ0n) is 16.8. The Bertz CT molecular complexity index is 896. The van der Waals surface area contributed by atoms with Crippen molar-refractivity contribution in [2.45, 2.75) is 30.6 Å². The first-order valence-electron chi connectivity index (χ1n) is 9.16. The lowest BCUT2D eigenvalue weighted by atomic mass is 10.0. The zero-order valence-corrected chi connectivity index (χ0v) is 17.6. The molecule has 7 heteroatoms. The van der Waals surface area contributed by atoms with Crippen LogP contribution < -0.4 is 10.1 Å². The van der Waals surface area contributed by atoms with Gasteiger partial charge in [0, 0.05) is 27.1 Å². The third-order valence-electron chi connectivity index (χ3n) is 4.63. The lowest BCUT2D eigenvalue weighted by molar-refractivity contribution is -0.121. The van der Waals surface area contributed by atoms with Crippen molar-refractivity contribution in [2.75, 3.05) is 27.7 Å². The second-order valence-corrected chi connectivity index (χ2v) is 9.03. The van der Waals surface area contributed by atoms with Crippen molar-refractivity contribution in [2.24, 2.45) is 0 Å². The predicted octanol–water partition coefficient (Wildman–Crippen LogP) is 2.80. The van der Waals surface area contributed by atoms with Gasteiger partial charge in [0.2, 0.25) is 15.9 Å². The number of hydrogen-bond acceptors (Lipinski definition) is 4. The van der Waals surface area contributed by atoms with Crippen LogP contribution in [0.5, 0.6) is 5.75 Å². The molecule has 6 nitrogen and oxygen atoms in total. The number of aryl methyl sites for hydroxylation is 1. The summed E-state index contributed by atoms with van der Waals surface area (Å²) in [6.45, 7) is 2.61. The largest absolute Gasteiger partial charge is 0.496 e. The van der Waals surface area contributed by atoms with Crippen LogP contribution >= 0.6 is 0 Å². The van der Waals surface area contributed by atoms with E-state index in [0.29, 0.717) is 24.3 Å². The first-order chi connectivity index (χ1) is 13.3. The lowest BCUT2D eigenvalue weighted by Crippen LogP contribution is -2.27. The molecular formula is C21H28N2O4S. The van der Waals surface area contributed by atoms with Crippen molar-refractivity contribution >= 4 is 15.9 Å². The maximum atomic E-state index is 12.3. The number of amides is 1. The van der Waals surface area contributed by atoms with E-state index in [4.69, 9.17) is 4.74 Å². The van der Waals surface area contributed by atoms with E-state index < -0.39 is 10.0 Å². The molecule has 2 aromatic rings. The number of rotatable bonds is 9. The molecule has 1 amide bonds. The number of carbonyl (C=O) groups excluding carboxylic acids is 1. The Morgan fingerprint density at radius 1 is 1.14 bits per heavy atom. The van der Waals surface area contributed by atoms with E-state index in [-0.39, 0.29) is 23.1 Å². The fraction of sp³-hybridized carbons (Fsp3) is 0.381. The van der Waals surface area contributed by atoms with Gasteiger partial charge in [-0.3, -0.25) is 4.79 Å². The molecule has 28 heavy (non-hydrogen) atoms. The van der Waals surface area contributed by atoms with Crippen molar-refractivity contribution < 1.29 is 17.9 Å². The summed E-state index contributed by atoms with van der Waals surface area (Å²) in [6.07, 6.45) is 0.648. The van der Waals surface area contributed by atoms with Crippen molar-refractivity contribution in [1.82, 2.24) is 9.62 Å². The molecule has 0 aliphatic heterocycles. The Morgan fingerprint density at radius 2 is 1.82 bits per heavy atom. The van der Waals surface area contributed by atoms with E-state index in [1.54, 1.807) is 12.1 Å². The number of sulfonamides is 1. The molecule has 0 unspecified atom stereocenters. The minimum atomic E-state index is -3.54. The average Bonchev–Trinajstić information content (AvgIpc) is 2.70. The highest BCUT2D eigenvalue weighted by molar-refractivity contribution is 7.89.